The van der Waals surface area contributed by atoms with Gasteiger partial charge in [-0.25, -0.2) is 0 Å². The van der Waals surface area contributed by atoms with E-state index in [-0.39, 0.29) is 5.91 Å². The number of aliphatic carboxylic acids is 1. The first kappa shape index (κ1) is 13.0. The number of hydrogen-bond donors (Lipinski definition) is 2. The third-order valence-electron chi connectivity index (χ3n) is 3.00. The number of carbonyl (C=O) groups is 2. The van der Waals surface area contributed by atoms with Gasteiger partial charge in [0.25, 0.3) is 0 Å². The van der Waals surface area contributed by atoms with Crippen molar-refractivity contribution in [1.82, 2.24) is 10.2 Å². The molecule has 1 fully saturated rings. The zero-order valence-corrected chi connectivity index (χ0v) is 9.74. The molecule has 0 saturated carbocycles. The molecule has 1 saturated heterocycles. The van der Waals surface area contributed by atoms with Gasteiger partial charge in [-0.2, -0.15) is 0 Å². The average molecular weight is 228 g/mol. The van der Waals surface area contributed by atoms with Gasteiger partial charge in [-0.3, -0.25) is 9.59 Å². The van der Waals surface area contributed by atoms with E-state index < -0.39 is 12.0 Å². The summed E-state index contributed by atoms with van der Waals surface area (Å²) in [7, 11) is 1.60. The Morgan fingerprint density at radius 2 is 1.94 bits per heavy atom. The maximum absolute atomic E-state index is 11.7. The van der Waals surface area contributed by atoms with Crippen molar-refractivity contribution < 1.29 is 14.7 Å². The van der Waals surface area contributed by atoms with Crippen LogP contribution in [0.5, 0.6) is 0 Å². The zero-order chi connectivity index (χ0) is 12.0. The molecule has 0 aromatic carbocycles. The van der Waals surface area contributed by atoms with E-state index in [1.54, 1.807) is 7.05 Å². The smallest absolute Gasteiger partial charge is 0.320 e. The Morgan fingerprint density at radius 1 is 1.31 bits per heavy atom. The van der Waals surface area contributed by atoms with Crippen LogP contribution < -0.4 is 5.32 Å². The molecule has 5 nitrogen and oxygen atoms in total. The molecular formula is C11H20N2O3. The number of hydrogen-bond acceptors (Lipinski definition) is 3. The normalized spacial score (nSPS) is 18.2. The molecule has 2 N–H and O–H groups in total. The van der Waals surface area contributed by atoms with Gasteiger partial charge in [0.1, 0.15) is 6.04 Å². The molecule has 1 atom stereocenters. The van der Waals surface area contributed by atoms with Gasteiger partial charge in [-0.15, -0.1) is 0 Å². The fourth-order valence-electron chi connectivity index (χ4n) is 1.96. The van der Waals surface area contributed by atoms with Gasteiger partial charge in [-0.05, 0) is 32.7 Å². The topological polar surface area (TPSA) is 69.6 Å². The van der Waals surface area contributed by atoms with Crippen molar-refractivity contribution in [2.45, 2.75) is 38.1 Å². The van der Waals surface area contributed by atoms with Gasteiger partial charge >= 0.3 is 5.97 Å². The minimum absolute atomic E-state index is 0.0844. The highest BCUT2D eigenvalue weighted by molar-refractivity contribution is 5.78. The van der Waals surface area contributed by atoms with Crippen molar-refractivity contribution in [2.75, 3.05) is 20.1 Å². The number of carboxylic acid groups (broad SMARTS) is 1. The molecule has 0 aromatic heterocycles. The largest absolute Gasteiger partial charge is 0.480 e. The number of nitrogens with one attached hydrogen (secondary N) is 1. The Kier molecular flexibility index (Phi) is 5.25. The van der Waals surface area contributed by atoms with Crippen molar-refractivity contribution in [3.63, 3.8) is 0 Å². The number of carboxylic acids is 1. The van der Waals surface area contributed by atoms with E-state index in [2.05, 4.69) is 5.32 Å². The lowest BCUT2D eigenvalue weighted by molar-refractivity contribution is -0.139. The molecule has 0 unspecified atom stereocenters. The van der Waals surface area contributed by atoms with Crippen LogP contribution in [0.15, 0.2) is 0 Å². The second kappa shape index (κ2) is 6.48. The first-order valence-electron chi connectivity index (χ1n) is 5.83. The number of amides is 1. The van der Waals surface area contributed by atoms with Crippen LogP contribution in [-0.2, 0) is 9.59 Å². The predicted molar refractivity (Wildman–Crippen MR) is 60.1 cm³/mol. The van der Waals surface area contributed by atoms with Crippen molar-refractivity contribution in [3.8, 4) is 0 Å². The van der Waals surface area contributed by atoms with Crippen LogP contribution in [0.3, 0.4) is 0 Å². The van der Waals surface area contributed by atoms with E-state index in [0.717, 1.165) is 25.9 Å². The molecule has 16 heavy (non-hydrogen) atoms. The van der Waals surface area contributed by atoms with Gasteiger partial charge in [0.05, 0.1) is 0 Å². The Hall–Kier alpha value is -1.10. The maximum Gasteiger partial charge on any atom is 0.320 e. The fraction of sp³-hybridized carbons (Fsp3) is 0.818. The molecular weight excluding hydrogens is 208 g/mol. The molecule has 0 bridgehead atoms. The summed E-state index contributed by atoms with van der Waals surface area (Å²) in [5.74, 6) is -0.810. The molecule has 1 amide bonds. The Balaban J connectivity index is 2.30. The van der Waals surface area contributed by atoms with Crippen LogP contribution in [0.1, 0.15) is 32.1 Å². The van der Waals surface area contributed by atoms with Crippen LogP contribution in [0.4, 0.5) is 0 Å². The van der Waals surface area contributed by atoms with E-state index in [4.69, 9.17) is 5.11 Å². The van der Waals surface area contributed by atoms with Crippen LogP contribution in [-0.4, -0.2) is 48.1 Å². The SMILES string of the molecule is CN[C@@H](CCC(=O)N1CCCCC1)C(=O)O. The van der Waals surface area contributed by atoms with E-state index >= 15 is 0 Å². The summed E-state index contributed by atoms with van der Waals surface area (Å²) < 4.78 is 0. The third kappa shape index (κ3) is 3.81. The van der Waals surface area contributed by atoms with Crippen molar-refractivity contribution in [2.24, 2.45) is 0 Å². The Labute approximate surface area is 95.8 Å². The highest BCUT2D eigenvalue weighted by atomic mass is 16.4. The minimum atomic E-state index is -0.894. The van der Waals surface area contributed by atoms with Crippen molar-refractivity contribution in [3.05, 3.63) is 0 Å². The van der Waals surface area contributed by atoms with Crippen molar-refractivity contribution >= 4 is 11.9 Å². The van der Waals surface area contributed by atoms with E-state index in [1.165, 1.54) is 6.42 Å². The lowest BCUT2D eigenvalue weighted by Gasteiger charge is -2.27. The van der Waals surface area contributed by atoms with E-state index in [9.17, 15) is 9.59 Å². The molecule has 5 heteroatoms. The molecule has 1 heterocycles. The number of likely N-dealkylation sites (tertiary alicyclic amines) is 1. The van der Waals surface area contributed by atoms with Crippen LogP contribution in [0.2, 0.25) is 0 Å². The lowest BCUT2D eigenvalue weighted by atomic mass is 10.1. The number of piperidine rings is 1. The predicted octanol–water partition coefficient (Wildman–Crippen LogP) is 0.452. The van der Waals surface area contributed by atoms with Gasteiger partial charge in [-0.1, -0.05) is 0 Å². The molecule has 0 aliphatic carbocycles. The summed E-state index contributed by atoms with van der Waals surface area (Å²) in [4.78, 5) is 24.3. The second-order valence-corrected chi connectivity index (χ2v) is 4.16. The van der Waals surface area contributed by atoms with Crippen LogP contribution >= 0.6 is 0 Å². The summed E-state index contributed by atoms with van der Waals surface area (Å²) in [6.07, 6.45) is 4.01. The third-order valence-corrected chi connectivity index (χ3v) is 3.00. The quantitative estimate of drug-likeness (QED) is 0.717. The van der Waals surface area contributed by atoms with Gasteiger partial charge in [0.15, 0.2) is 0 Å². The van der Waals surface area contributed by atoms with Crippen molar-refractivity contribution in [1.29, 1.82) is 0 Å². The average Bonchev–Trinajstić information content (AvgIpc) is 2.30. The second-order valence-electron chi connectivity index (χ2n) is 4.16. The number of nitrogens with zero attached hydrogens (tertiary/aromatic N) is 1. The Morgan fingerprint density at radius 3 is 2.44 bits per heavy atom. The summed E-state index contributed by atoms with van der Waals surface area (Å²) in [5.41, 5.74) is 0. The van der Waals surface area contributed by atoms with E-state index in [1.807, 2.05) is 4.90 Å². The highest BCUT2D eigenvalue weighted by Gasteiger charge is 2.20. The van der Waals surface area contributed by atoms with Gasteiger partial charge in [0, 0.05) is 19.5 Å². The highest BCUT2D eigenvalue weighted by Crippen LogP contribution is 2.11. The first-order chi connectivity index (χ1) is 7.65. The number of carbonyl (C=O) groups excluding carboxylic acids is 1. The molecule has 92 valence electrons. The van der Waals surface area contributed by atoms with Crippen LogP contribution in [0, 0.1) is 0 Å². The maximum atomic E-state index is 11.7. The molecule has 0 aromatic rings. The number of rotatable bonds is 5. The van der Waals surface area contributed by atoms with Gasteiger partial charge < -0.3 is 15.3 Å². The molecule has 1 rings (SSSR count). The summed E-state index contributed by atoms with van der Waals surface area (Å²) >= 11 is 0. The van der Waals surface area contributed by atoms with E-state index in [0.29, 0.717) is 12.8 Å². The standard InChI is InChI=1S/C11H20N2O3/c1-12-9(11(15)16)5-6-10(14)13-7-3-2-4-8-13/h9,12H,2-8H2,1H3,(H,15,16)/t9-/m0/s1. The monoisotopic (exact) mass is 228 g/mol. The molecule has 1 aliphatic heterocycles. The Bertz CT molecular complexity index is 250. The fourth-order valence-corrected chi connectivity index (χ4v) is 1.96. The summed E-state index contributed by atoms with van der Waals surface area (Å²) in [6.45, 7) is 1.66. The molecule has 1 aliphatic rings. The molecule has 0 radical (unpaired) electrons. The number of likely N-dealkylation sites (N-methyl/N-ethyl adjacent to an activating group) is 1. The zero-order valence-electron chi connectivity index (χ0n) is 9.74. The lowest BCUT2D eigenvalue weighted by Crippen LogP contribution is -2.38. The molecule has 0 spiro atoms. The van der Waals surface area contributed by atoms with Crippen LogP contribution in [0.25, 0.3) is 0 Å². The summed E-state index contributed by atoms with van der Waals surface area (Å²) in [6, 6.07) is -0.617. The summed E-state index contributed by atoms with van der Waals surface area (Å²) in [5, 5.41) is 11.5. The first-order valence-corrected chi connectivity index (χ1v) is 5.83. The van der Waals surface area contributed by atoms with Gasteiger partial charge in [0.2, 0.25) is 5.91 Å². The minimum Gasteiger partial charge on any atom is -0.480 e.